The average Bonchev–Trinajstić information content (AvgIpc) is 3.28. The van der Waals surface area contributed by atoms with E-state index < -0.39 is 12.0 Å². The highest BCUT2D eigenvalue weighted by Crippen LogP contribution is 2.40. The highest BCUT2D eigenvalue weighted by atomic mass is 16.4. The standard InChI is InChI=1S/C28H26N4O4/c33-25-8-4-7-24-19-11-17(15-32(24)25)14-31(16-19)26(28(35)36)22-13-29-23-10-9-20(12-21(22)23)30-27(34)18-5-2-1-3-6-18/h1-10,12-13,17,19,26,29H,11,14-16H2,(H,30,34)(H,35,36)/t17-,19+,26-/m1/s1. The smallest absolute Gasteiger partial charge is 0.325 e. The molecule has 2 aromatic heterocycles. The molecule has 1 amide bonds. The summed E-state index contributed by atoms with van der Waals surface area (Å²) in [4.78, 5) is 42.9. The van der Waals surface area contributed by atoms with Crippen molar-refractivity contribution in [2.45, 2.75) is 24.9 Å². The highest BCUT2D eigenvalue weighted by molar-refractivity contribution is 6.05. The minimum Gasteiger partial charge on any atom is -0.480 e. The number of H-pyrrole nitrogens is 1. The van der Waals surface area contributed by atoms with Crippen LogP contribution in [0.2, 0.25) is 0 Å². The number of nitrogens with one attached hydrogen (secondary N) is 2. The molecular weight excluding hydrogens is 456 g/mol. The lowest BCUT2D eigenvalue weighted by Gasteiger charge is -2.44. The lowest BCUT2D eigenvalue weighted by atomic mass is 9.82. The molecule has 1 saturated heterocycles. The van der Waals surface area contributed by atoms with Gasteiger partial charge in [0.05, 0.1) is 0 Å². The van der Waals surface area contributed by atoms with Crippen molar-refractivity contribution in [3.05, 3.63) is 100 Å². The minimum atomic E-state index is -0.917. The number of carboxylic acids is 1. The van der Waals surface area contributed by atoms with Crippen molar-refractivity contribution in [2.24, 2.45) is 5.92 Å². The van der Waals surface area contributed by atoms with Gasteiger partial charge in [0.1, 0.15) is 6.04 Å². The number of anilines is 1. The van der Waals surface area contributed by atoms with E-state index >= 15 is 0 Å². The maximum Gasteiger partial charge on any atom is 0.325 e. The van der Waals surface area contributed by atoms with E-state index in [4.69, 9.17) is 0 Å². The molecule has 3 N–H and O–H groups in total. The quantitative estimate of drug-likeness (QED) is 0.401. The third kappa shape index (κ3) is 3.89. The zero-order valence-corrected chi connectivity index (χ0v) is 19.6. The molecule has 0 unspecified atom stereocenters. The van der Waals surface area contributed by atoms with Gasteiger partial charge in [-0.2, -0.15) is 0 Å². The first-order chi connectivity index (χ1) is 17.5. The van der Waals surface area contributed by atoms with Gasteiger partial charge in [-0.3, -0.25) is 19.3 Å². The predicted molar refractivity (Wildman–Crippen MR) is 136 cm³/mol. The van der Waals surface area contributed by atoms with E-state index in [0.29, 0.717) is 36.4 Å². The Labute approximate surface area is 207 Å². The van der Waals surface area contributed by atoms with Crippen LogP contribution in [0.3, 0.4) is 0 Å². The largest absolute Gasteiger partial charge is 0.480 e. The molecule has 2 aliphatic heterocycles. The summed E-state index contributed by atoms with van der Waals surface area (Å²) in [7, 11) is 0. The minimum absolute atomic E-state index is 0.00661. The van der Waals surface area contributed by atoms with Gasteiger partial charge >= 0.3 is 5.97 Å². The van der Waals surface area contributed by atoms with Crippen LogP contribution in [0.1, 0.15) is 40.0 Å². The van der Waals surface area contributed by atoms with Crippen LogP contribution in [0.5, 0.6) is 0 Å². The number of fused-ring (bicyclic) bond motifs is 5. The normalized spacial score (nSPS) is 20.0. The number of amides is 1. The maximum absolute atomic E-state index is 12.7. The zero-order valence-electron chi connectivity index (χ0n) is 19.6. The Morgan fingerprint density at radius 3 is 2.64 bits per heavy atom. The Morgan fingerprint density at radius 1 is 1.00 bits per heavy atom. The summed E-state index contributed by atoms with van der Waals surface area (Å²) in [6, 6.07) is 19.0. The van der Waals surface area contributed by atoms with Gasteiger partial charge in [0, 0.05) is 71.2 Å². The number of likely N-dealkylation sites (tertiary alicyclic amines) is 1. The number of carbonyl (C=O) groups is 2. The molecule has 36 heavy (non-hydrogen) atoms. The van der Waals surface area contributed by atoms with Gasteiger partial charge in [-0.15, -0.1) is 0 Å². The summed E-state index contributed by atoms with van der Waals surface area (Å²) >= 11 is 0. The number of carboxylic acid groups (broad SMARTS) is 1. The maximum atomic E-state index is 12.7. The van der Waals surface area contributed by atoms with Crippen LogP contribution in [0.4, 0.5) is 5.69 Å². The molecule has 182 valence electrons. The number of carbonyl (C=O) groups excluding carboxylic acids is 1. The molecule has 0 aliphatic carbocycles. The molecule has 0 radical (unpaired) electrons. The number of benzene rings is 2. The van der Waals surface area contributed by atoms with Crippen LogP contribution in [0.25, 0.3) is 10.9 Å². The fraction of sp³-hybridized carbons (Fsp3) is 0.250. The topological polar surface area (TPSA) is 107 Å². The molecule has 6 rings (SSSR count). The van der Waals surface area contributed by atoms with E-state index in [0.717, 1.165) is 23.0 Å². The number of hydrogen-bond acceptors (Lipinski definition) is 4. The van der Waals surface area contributed by atoms with Gasteiger partial charge in [-0.1, -0.05) is 24.3 Å². The molecule has 0 spiro atoms. The Balaban J connectivity index is 1.32. The summed E-state index contributed by atoms with van der Waals surface area (Å²) in [5, 5.41) is 14.0. The van der Waals surface area contributed by atoms with Crippen LogP contribution in [0.15, 0.2) is 77.7 Å². The molecule has 4 heterocycles. The zero-order chi connectivity index (χ0) is 24.8. The summed E-state index contributed by atoms with van der Waals surface area (Å²) in [6.07, 6.45) is 2.71. The predicted octanol–water partition coefficient (Wildman–Crippen LogP) is 3.83. The molecule has 4 aromatic rings. The third-order valence-corrected chi connectivity index (χ3v) is 7.41. The van der Waals surface area contributed by atoms with Crippen molar-refractivity contribution in [3.8, 4) is 0 Å². The molecule has 8 nitrogen and oxygen atoms in total. The molecule has 2 bridgehead atoms. The van der Waals surface area contributed by atoms with Gasteiger partial charge in [-0.25, -0.2) is 0 Å². The number of rotatable bonds is 5. The fourth-order valence-corrected chi connectivity index (χ4v) is 5.87. The van der Waals surface area contributed by atoms with Gasteiger partial charge in [0.15, 0.2) is 0 Å². The lowest BCUT2D eigenvalue weighted by Crippen LogP contribution is -2.49. The van der Waals surface area contributed by atoms with Crippen LogP contribution in [-0.4, -0.2) is 44.5 Å². The van der Waals surface area contributed by atoms with Crippen molar-refractivity contribution in [2.75, 3.05) is 18.4 Å². The SMILES string of the molecule is O=C(Nc1ccc2[nH]cc([C@H](C(=O)O)N3C[C@H]4C[C@@H](C3)c3cccc(=O)n3C4)c2c1)c1ccccc1. The van der Waals surface area contributed by atoms with Crippen molar-refractivity contribution in [1.82, 2.24) is 14.5 Å². The van der Waals surface area contributed by atoms with E-state index in [-0.39, 0.29) is 23.3 Å². The first-order valence-corrected chi connectivity index (χ1v) is 12.1. The van der Waals surface area contributed by atoms with E-state index in [2.05, 4.69) is 10.3 Å². The van der Waals surface area contributed by atoms with Crippen LogP contribution in [0, 0.1) is 5.92 Å². The van der Waals surface area contributed by atoms with Gasteiger partial charge in [-0.05, 0) is 48.7 Å². The second kappa shape index (κ2) is 8.80. The molecule has 2 aromatic carbocycles. The lowest BCUT2D eigenvalue weighted by molar-refractivity contribution is -0.144. The number of pyridine rings is 1. The van der Waals surface area contributed by atoms with E-state index in [9.17, 15) is 19.5 Å². The van der Waals surface area contributed by atoms with Crippen LogP contribution >= 0.6 is 0 Å². The summed E-state index contributed by atoms with van der Waals surface area (Å²) in [5.41, 5.74) is 3.62. The van der Waals surface area contributed by atoms with Crippen LogP contribution < -0.4 is 10.9 Å². The second-order valence-electron chi connectivity index (χ2n) is 9.72. The third-order valence-electron chi connectivity index (χ3n) is 7.41. The number of hydrogen-bond donors (Lipinski definition) is 3. The molecule has 8 heteroatoms. The van der Waals surface area contributed by atoms with Gasteiger partial charge < -0.3 is 20.0 Å². The first-order valence-electron chi connectivity index (χ1n) is 12.1. The van der Waals surface area contributed by atoms with Crippen molar-refractivity contribution in [3.63, 3.8) is 0 Å². The molecule has 0 saturated carbocycles. The van der Waals surface area contributed by atoms with Crippen molar-refractivity contribution < 1.29 is 14.7 Å². The van der Waals surface area contributed by atoms with Gasteiger partial charge in [0.2, 0.25) is 0 Å². The van der Waals surface area contributed by atoms with E-state index in [1.807, 2.05) is 45.9 Å². The summed E-state index contributed by atoms with van der Waals surface area (Å²) in [5.74, 6) is -0.817. The number of nitrogens with zero attached hydrogens (tertiary/aromatic N) is 2. The van der Waals surface area contributed by atoms with Crippen molar-refractivity contribution >= 4 is 28.5 Å². The van der Waals surface area contributed by atoms with Gasteiger partial charge in [0.25, 0.3) is 11.5 Å². The van der Waals surface area contributed by atoms with E-state index in [1.54, 1.807) is 36.5 Å². The Bertz CT molecular complexity index is 1520. The summed E-state index contributed by atoms with van der Waals surface area (Å²) in [6.45, 7) is 1.78. The molecule has 1 fully saturated rings. The fourth-order valence-electron chi connectivity index (χ4n) is 5.87. The Hall–Kier alpha value is -4.17. The number of aromatic amines is 1. The molecule has 3 atom stereocenters. The van der Waals surface area contributed by atoms with E-state index in [1.165, 1.54) is 0 Å². The number of aliphatic carboxylic acids is 1. The Morgan fingerprint density at radius 2 is 1.83 bits per heavy atom. The second-order valence-corrected chi connectivity index (χ2v) is 9.72. The van der Waals surface area contributed by atoms with Crippen molar-refractivity contribution in [1.29, 1.82) is 0 Å². The highest BCUT2D eigenvalue weighted by Gasteiger charge is 2.40. The van der Waals surface area contributed by atoms with Crippen LogP contribution in [-0.2, 0) is 11.3 Å². The monoisotopic (exact) mass is 482 g/mol. The molecular formula is C28H26N4O4. The summed E-state index contributed by atoms with van der Waals surface area (Å²) < 4.78 is 1.85. The average molecular weight is 483 g/mol. The molecule has 2 aliphatic rings. The number of piperidine rings is 1. The first kappa shape index (κ1) is 22.3. The Kier molecular flexibility index (Phi) is 5.45. The number of aromatic nitrogens is 2.